The summed E-state index contributed by atoms with van der Waals surface area (Å²) in [5.41, 5.74) is 0.690. The van der Waals surface area contributed by atoms with Gasteiger partial charge in [-0.25, -0.2) is 0 Å². The molecule has 0 aliphatic carbocycles. The van der Waals surface area contributed by atoms with Crippen molar-refractivity contribution in [1.29, 1.82) is 0 Å². The van der Waals surface area contributed by atoms with E-state index in [1.807, 2.05) is 31.2 Å². The largest absolute Gasteiger partial charge is 0.494 e. The molecule has 1 fully saturated rings. The first-order valence-corrected chi connectivity index (χ1v) is 8.51. The lowest BCUT2D eigenvalue weighted by atomic mass is 9.93. The van der Waals surface area contributed by atoms with Gasteiger partial charge in [-0.2, -0.15) is 0 Å². The monoisotopic (exact) mass is 304 g/mol. The third-order valence-electron chi connectivity index (χ3n) is 4.14. The molecule has 1 aromatic rings. The highest BCUT2D eigenvalue weighted by Crippen LogP contribution is 2.18. The van der Waals surface area contributed by atoms with Gasteiger partial charge in [0.15, 0.2) is 0 Å². The summed E-state index contributed by atoms with van der Waals surface area (Å²) >= 11 is 0. The Morgan fingerprint density at radius 1 is 1.27 bits per heavy atom. The number of benzene rings is 1. The van der Waals surface area contributed by atoms with Crippen LogP contribution in [0.3, 0.4) is 0 Å². The number of hydrogen-bond donors (Lipinski definition) is 2. The minimum atomic E-state index is -0.0145. The van der Waals surface area contributed by atoms with Crippen LogP contribution in [0.4, 0.5) is 0 Å². The molecule has 4 nitrogen and oxygen atoms in total. The van der Waals surface area contributed by atoms with Crippen molar-refractivity contribution < 1.29 is 9.53 Å². The smallest absolute Gasteiger partial charge is 0.251 e. The molecule has 1 saturated heterocycles. The SMILES string of the molecule is CCCNC(=O)c1ccc(OCCCC2CCNCC2)cc1. The van der Waals surface area contributed by atoms with Gasteiger partial charge in [0.25, 0.3) is 5.91 Å². The maximum Gasteiger partial charge on any atom is 0.251 e. The summed E-state index contributed by atoms with van der Waals surface area (Å²) in [6, 6.07) is 7.41. The maximum absolute atomic E-state index is 11.8. The van der Waals surface area contributed by atoms with Gasteiger partial charge in [-0.3, -0.25) is 4.79 Å². The number of hydrogen-bond acceptors (Lipinski definition) is 3. The summed E-state index contributed by atoms with van der Waals surface area (Å²) in [6.07, 6.45) is 5.88. The molecule has 122 valence electrons. The van der Waals surface area contributed by atoms with Crippen molar-refractivity contribution in [2.45, 2.75) is 39.0 Å². The molecule has 0 atom stereocenters. The van der Waals surface area contributed by atoms with E-state index < -0.39 is 0 Å². The molecule has 0 bridgehead atoms. The molecule has 0 radical (unpaired) electrons. The standard InChI is InChI=1S/C18H28N2O2/c1-2-11-20-18(21)16-5-7-17(8-6-16)22-14-3-4-15-9-12-19-13-10-15/h5-8,15,19H,2-4,9-14H2,1H3,(H,20,21). The molecule has 1 aliphatic rings. The molecule has 2 N–H and O–H groups in total. The quantitative estimate of drug-likeness (QED) is 0.726. The number of nitrogens with one attached hydrogen (secondary N) is 2. The Morgan fingerprint density at radius 2 is 2.00 bits per heavy atom. The lowest BCUT2D eigenvalue weighted by Gasteiger charge is -2.22. The van der Waals surface area contributed by atoms with Crippen LogP contribution in [0.2, 0.25) is 0 Å². The fourth-order valence-electron chi connectivity index (χ4n) is 2.78. The van der Waals surface area contributed by atoms with Crippen LogP contribution in [0.25, 0.3) is 0 Å². The van der Waals surface area contributed by atoms with Crippen molar-refractivity contribution in [2.24, 2.45) is 5.92 Å². The summed E-state index contributed by atoms with van der Waals surface area (Å²) in [7, 11) is 0. The molecule has 1 amide bonds. The van der Waals surface area contributed by atoms with Gasteiger partial charge in [-0.1, -0.05) is 6.92 Å². The average Bonchev–Trinajstić information content (AvgIpc) is 2.58. The van der Waals surface area contributed by atoms with Crippen LogP contribution in [-0.2, 0) is 0 Å². The maximum atomic E-state index is 11.8. The van der Waals surface area contributed by atoms with Gasteiger partial charge < -0.3 is 15.4 Å². The zero-order valence-electron chi connectivity index (χ0n) is 13.6. The number of amides is 1. The molecule has 0 saturated carbocycles. The van der Waals surface area contributed by atoms with Crippen LogP contribution in [0, 0.1) is 5.92 Å². The highest BCUT2D eigenvalue weighted by atomic mass is 16.5. The number of piperidine rings is 1. The summed E-state index contributed by atoms with van der Waals surface area (Å²) in [5.74, 6) is 1.69. The Bertz CT molecular complexity index is 439. The van der Waals surface area contributed by atoms with Gasteiger partial charge >= 0.3 is 0 Å². The summed E-state index contributed by atoms with van der Waals surface area (Å²) < 4.78 is 5.77. The van der Waals surface area contributed by atoms with Crippen LogP contribution in [0.1, 0.15) is 49.4 Å². The highest BCUT2D eigenvalue weighted by molar-refractivity contribution is 5.94. The molecule has 1 aliphatic heterocycles. The Kier molecular flexibility index (Phi) is 7.23. The first-order chi connectivity index (χ1) is 10.8. The normalized spacial score (nSPS) is 15.5. The Labute approximate surface area is 133 Å². The molecule has 0 unspecified atom stereocenters. The summed E-state index contributed by atoms with van der Waals surface area (Å²) in [6.45, 7) is 5.83. The fourth-order valence-corrected chi connectivity index (χ4v) is 2.78. The first kappa shape index (κ1) is 16.8. The van der Waals surface area contributed by atoms with E-state index in [2.05, 4.69) is 10.6 Å². The van der Waals surface area contributed by atoms with Crippen LogP contribution < -0.4 is 15.4 Å². The number of rotatable bonds is 8. The highest BCUT2D eigenvalue weighted by Gasteiger charge is 2.12. The predicted octanol–water partition coefficient (Wildman–Crippen LogP) is 2.99. The average molecular weight is 304 g/mol. The first-order valence-electron chi connectivity index (χ1n) is 8.51. The van der Waals surface area contributed by atoms with Gasteiger partial charge in [-0.05, 0) is 75.4 Å². The second-order valence-corrected chi connectivity index (χ2v) is 5.96. The van der Waals surface area contributed by atoms with Crippen LogP contribution in [-0.4, -0.2) is 32.1 Å². The van der Waals surface area contributed by atoms with E-state index in [1.54, 1.807) is 0 Å². The van der Waals surface area contributed by atoms with Gasteiger partial charge in [0.05, 0.1) is 6.61 Å². The summed E-state index contributed by atoms with van der Waals surface area (Å²) in [5, 5.41) is 6.27. The zero-order chi connectivity index (χ0) is 15.6. The van der Waals surface area contributed by atoms with Gasteiger partial charge in [0, 0.05) is 12.1 Å². The van der Waals surface area contributed by atoms with E-state index >= 15 is 0 Å². The molecule has 2 rings (SSSR count). The lowest BCUT2D eigenvalue weighted by Crippen LogP contribution is -2.27. The number of carbonyl (C=O) groups is 1. The van der Waals surface area contributed by atoms with E-state index in [0.29, 0.717) is 12.1 Å². The van der Waals surface area contributed by atoms with Crippen LogP contribution in [0.15, 0.2) is 24.3 Å². The summed E-state index contributed by atoms with van der Waals surface area (Å²) in [4.78, 5) is 11.8. The van der Waals surface area contributed by atoms with E-state index in [1.165, 1.54) is 19.3 Å². The van der Waals surface area contributed by atoms with Crippen molar-refractivity contribution in [3.63, 3.8) is 0 Å². The minimum Gasteiger partial charge on any atom is -0.494 e. The van der Waals surface area contributed by atoms with Crippen molar-refractivity contribution in [3.05, 3.63) is 29.8 Å². The van der Waals surface area contributed by atoms with Gasteiger partial charge in [-0.15, -0.1) is 0 Å². The second kappa shape index (κ2) is 9.46. The van der Waals surface area contributed by atoms with Gasteiger partial charge in [0.1, 0.15) is 5.75 Å². The van der Waals surface area contributed by atoms with E-state index in [9.17, 15) is 4.79 Å². The van der Waals surface area contributed by atoms with E-state index in [-0.39, 0.29) is 5.91 Å². The predicted molar refractivity (Wildman–Crippen MR) is 89.4 cm³/mol. The Balaban J connectivity index is 1.66. The molecule has 1 aromatic carbocycles. The second-order valence-electron chi connectivity index (χ2n) is 5.96. The molecule has 1 heterocycles. The number of carbonyl (C=O) groups excluding carboxylic acids is 1. The minimum absolute atomic E-state index is 0.0145. The lowest BCUT2D eigenvalue weighted by molar-refractivity contribution is 0.0953. The number of ether oxygens (including phenoxy) is 1. The Hall–Kier alpha value is -1.55. The third kappa shape index (κ3) is 5.68. The molecule has 0 aromatic heterocycles. The Morgan fingerprint density at radius 3 is 2.68 bits per heavy atom. The molecular formula is C18H28N2O2. The molecule has 22 heavy (non-hydrogen) atoms. The topological polar surface area (TPSA) is 50.4 Å². The van der Waals surface area contributed by atoms with Crippen LogP contribution in [0.5, 0.6) is 5.75 Å². The third-order valence-corrected chi connectivity index (χ3v) is 4.14. The van der Waals surface area contributed by atoms with E-state index in [0.717, 1.165) is 44.2 Å². The molecule has 0 spiro atoms. The van der Waals surface area contributed by atoms with Crippen molar-refractivity contribution in [1.82, 2.24) is 10.6 Å². The van der Waals surface area contributed by atoms with Crippen molar-refractivity contribution in [2.75, 3.05) is 26.2 Å². The van der Waals surface area contributed by atoms with E-state index in [4.69, 9.17) is 4.74 Å². The van der Waals surface area contributed by atoms with Gasteiger partial charge in [0.2, 0.25) is 0 Å². The molecule has 4 heteroatoms. The zero-order valence-corrected chi connectivity index (χ0v) is 13.6. The van der Waals surface area contributed by atoms with Crippen LogP contribution >= 0.6 is 0 Å². The van der Waals surface area contributed by atoms with Crippen molar-refractivity contribution in [3.8, 4) is 5.75 Å². The molecular weight excluding hydrogens is 276 g/mol. The fraction of sp³-hybridized carbons (Fsp3) is 0.611. The van der Waals surface area contributed by atoms with Crippen molar-refractivity contribution >= 4 is 5.91 Å².